The lowest BCUT2D eigenvalue weighted by molar-refractivity contribution is -0.00192. The Bertz CT molecular complexity index is 207. The third-order valence-electron chi connectivity index (χ3n) is 4.01. The highest BCUT2D eigenvalue weighted by Crippen LogP contribution is 2.37. The third kappa shape index (κ3) is 3.91. The van der Waals surface area contributed by atoms with Crippen molar-refractivity contribution in [2.24, 2.45) is 5.92 Å². The molecule has 0 saturated heterocycles. The van der Waals surface area contributed by atoms with Crippen LogP contribution < -0.4 is 5.32 Å². The molecular weight excluding hydrogens is 218 g/mol. The van der Waals surface area contributed by atoms with Crippen molar-refractivity contribution in [3.05, 3.63) is 0 Å². The molecule has 1 aliphatic carbocycles. The van der Waals surface area contributed by atoms with Crippen molar-refractivity contribution in [3.63, 3.8) is 0 Å². The fourth-order valence-electron chi connectivity index (χ4n) is 2.88. The largest absolute Gasteiger partial charge is 0.394 e. The van der Waals surface area contributed by atoms with E-state index in [0.29, 0.717) is 12.5 Å². The van der Waals surface area contributed by atoms with Gasteiger partial charge in [0.05, 0.1) is 19.3 Å². The molecule has 0 aromatic carbocycles. The Kier molecular flexibility index (Phi) is 6.41. The van der Waals surface area contributed by atoms with Crippen molar-refractivity contribution in [2.45, 2.75) is 44.2 Å². The van der Waals surface area contributed by atoms with E-state index in [4.69, 9.17) is 9.47 Å². The number of hydrogen-bond acceptors (Lipinski definition) is 4. The number of rotatable bonds is 8. The second-order valence-corrected chi connectivity index (χ2v) is 5.08. The molecule has 0 spiro atoms. The van der Waals surface area contributed by atoms with Crippen molar-refractivity contribution in [2.75, 3.05) is 34.0 Å². The molecule has 4 nitrogen and oxygen atoms in total. The quantitative estimate of drug-likeness (QED) is 0.674. The molecule has 1 fully saturated rings. The zero-order valence-corrected chi connectivity index (χ0v) is 11.4. The fourth-order valence-corrected chi connectivity index (χ4v) is 2.88. The Hall–Kier alpha value is -0.160. The predicted molar refractivity (Wildman–Crippen MR) is 68.1 cm³/mol. The number of likely N-dealkylation sites (N-methyl/N-ethyl adjacent to an activating group) is 1. The summed E-state index contributed by atoms with van der Waals surface area (Å²) in [5.74, 6) is 0.521. The maximum Gasteiger partial charge on any atom is 0.0780 e. The van der Waals surface area contributed by atoms with Crippen LogP contribution >= 0.6 is 0 Å². The Morgan fingerprint density at radius 3 is 2.88 bits per heavy atom. The molecule has 2 N–H and O–H groups in total. The molecule has 0 heterocycles. The molecule has 3 unspecified atom stereocenters. The van der Waals surface area contributed by atoms with Crippen LogP contribution in [0.4, 0.5) is 0 Å². The van der Waals surface area contributed by atoms with Crippen LogP contribution in [0.25, 0.3) is 0 Å². The molecular formula is C13H27NO3. The summed E-state index contributed by atoms with van der Waals surface area (Å²) in [5, 5.41) is 12.9. The van der Waals surface area contributed by atoms with E-state index < -0.39 is 0 Å². The average molecular weight is 245 g/mol. The molecule has 0 bridgehead atoms. The van der Waals surface area contributed by atoms with Gasteiger partial charge in [0, 0.05) is 19.3 Å². The minimum Gasteiger partial charge on any atom is -0.394 e. The lowest BCUT2D eigenvalue weighted by Gasteiger charge is -2.33. The summed E-state index contributed by atoms with van der Waals surface area (Å²) in [4.78, 5) is 0. The zero-order valence-electron chi connectivity index (χ0n) is 11.4. The van der Waals surface area contributed by atoms with Crippen LogP contribution in [0.1, 0.15) is 32.6 Å². The topological polar surface area (TPSA) is 50.7 Å². The Morgan fingerprint density at radius 1 is 1.53 bits per heavy atom. The third-order valence-corrected chi connectivity index (χ3v) is 4.01. The van der Waals surface area contributed by atoms with Crippen LogP contribution in [0.15, 0.2) is 0 Å². The summed E-state index contributed by atoms with van der Waals surface area (Å²) in [6.45, 7) is 3.64. The van der Waals surface area contributed by atoms with Gasteiger partial charge in [-0.15, -0.1) is 0 Å². The van der Waals surface area contributed by atoms with Gasteiger partial charge >= 0.3 is 0 Å². The summed E-state index contributed by atoms with van der Waals surface area (Å²) >= 11 is 0. The van der Waals surface area contributed by atoms with Crippen molar-refractivity contribution in [3.8, 4) is 0 Å². The summed E-state index contributed by atoms with van der Waals surface area (Å²) in [6.07, 6.45) is 4.61. The molecule has 3 atom stereocenters. The summed E-state index contributed by atoms with van der Waals surface area (Å²) in [5.41, 5.74) is -0.0755. The Balaban J connectivity index is 2.30. The maximum absolute atomic E-state index is 9.56. The summed E-state index contributed by atoms with van der Waals surface area (Å²) in [7, 11) is 3.64. The molecule has 0 aromatic heterocycles. The number of aliphatic hydroxyl groups is 1. The van der Waals surface area contributed by atoms with Gasteiger partial charge in [0.1, 0.15) is 0 Å². The first-order chi connectivity index (χ1) is 8.18. The Labute approximate surface area is 105 Å². The van der Waals surface area contributed by atoms with Crippen molar-refractivity contribution in [1.82, 2.24) is 5.32 Å². The molecule has 0 aromatic rings. The Morgan fingerprint density at radius 2 is 2.29 bits per heavy atom. The van der Waals surface area contributed by atoms with Crippen LogP contribution in [0, 0.1) is 5.92 Å². The van der Waals surface area contributed by atoms with E-state index in [1.54, 1.807) is 7.11 Å². The van der Waals surface area contributed by atoms with Crippen LogP contribution in [0.5, 0.6) is 0 Å². The van der Waals surface area contributed by atoms with E-state index in [1.165, 1.54) is 12.8 Å². The van der Waals surface area contributed by atoms with Gasteiger partial charge < -0.3 is 19.9 Å². The number of ether oxygens (including phenoxy) is 2. The van der Waals surface area contributed by atoms with Crippen molar-refractivity contribution >= 4 is 0 Å². The van der Waals surface area contributed by atoms with E-state index in [2.05, 4.69) is 5.32 Å². The molecule has 17 heavy (non-hydrogen) atoms. The average Bonchev–Trinajstić information content (AvgIpc) is 2.73. The SMILES string of the molecule is CNC1(CO)CCCC1CCOC(C)COC. The van der Waals surface area contributed by atoms with Crippen molar-refractivity contribution in [1.29, 1.82) is 0 Å². The molecule has 1 rings (SSSR count). The standard InChI is InChI=1S/C13H27NO3/c1-11(9-16-3)17-8-6-12-5-4-7-13(12,10-15)14-2/h11-12,14-15H,4-10H2,1-3H3. The smallest absolute Gasteiger partial charge is 0.0780 e. The second kappa shape index (κ2) is 7.31. The minimum absolute atomic E-state index is 0.0755. The van der Waals surface area contributed by atoms with Gasteiger partial charge in [-0.05, 0) is 39.2 Å². The summed E-state index contributed by atoms with van der Waals surface area (Å²) < 4.78 is 10.7. The first kappa shape index (κ1) is 14.9. The van der Waals surface area contributed by atoms with Gasteiger partial charge in [0.25, 0.3) is 0 Å². The highest BCUT2D eigenvalue weighted by Gasteiger charge is 2.40. The molecule has 102 valence electrons. The summed E-state index contributed by atoms with van der Waals surface area (Å²) in [6, 6.07) is 0. The zero-order chi connectivity index (χ0) is 12.7. The van der Waals surface area contributed by atoms with E-state index in [0.717, 1.165) is 19.4 Å². The van der Waals surface area contributed by atoms with E-state index >= 15 is 0 Å². The number of aliphatic hydroxyl groups excluding tert-OH is 1. The second-order valence-electron chi connectivity index (χ2n) is 5.08. The van der Waals surface area contributed by atoms with Gasteiger partial charge in [-0.2, -0.15) is 0 Å². The molecule has 0 radical (unpaired) electrons. The van der Waals surface area contributed by atoms with E-state index in [9.17, 15) is 5.11 Å². The van der Waals surface area contributed by atoms with E-state index in [1.807, 2.05) is 14.0 Å². The van der Waals surface area contributed by atoms with Crippen molar-refractivity contribution < 1.29 is 14.6 Å². The lowest BCUT2D eigenvalue weighted by Crippen LogP contribution is -2.49. The lowest BCUT2D eigenvalue weighted by atomic mass is 9.86. The first-order valence-corrected chi connectivity index (χ1v) is 6.59. The van der Waals surface area contributed by atoms with Gasteiger partial charge in [-0.1, -0.05) is 6.42 Å². The van der Waals surface area contributed by atoms with Gasteiger partial charge in [-0.3, -0.25) is 0 Å². The molecule has 0 amide bonds. The van der Waals surface area contributed by atoms with Gasteiger partial charge in [0.2, 0.25) is 0 Å². The van der Waals surface area contributed by atoms with Crippen LogP contribution in [0.2, 0.25) is 0 Å². The monoisotopic (exact) mass is 245 g/mol. The first-order valence-electron chi connectivity index (χ1n) is 6.59. The van der Waals surface area contributed by atoms with Crippen LogP contribution in [-0.4, -0.2) is 50.7 Å². The van der Waals surface area contributed by atoms with E-state index in [-0.39, 0.29) is 18.2 Å². The normalized spacial score (nSPS) is 30.7. The fraction of sp³-hybridized carbons (Fsp3) is 1.00. The molecule has 0 aliphatic heterocycles. The predicted octanol–water partition coefficient (Wildman–Crippen LogP) is 1.18. The molecule has 4 heteroatoms. The van der Waals surface area contributed by atoms with Gasteiger partial charge in [-0.25, -0.2) is 0 Å². The number of nitrogens with one attached hydrogen (secondary N) is 1. The minimum atomic E-state index is -0.0755. The molecule has 1 saturated carbocycles. The molecule has 1 aliphatic rings. The number of hydrogen-bond donors (Lipinski definition) is 2. The van der Waals surface area contributed by atoms with Gasteiger partial charge in [0.15, 0.2) is 0 Å². The van der Waals surface area contributed by atoms with Crippen LogP contribution in [-0.2, 0) is 9.47 Å². The highest BCUT2D eigenvalue weighted by molar-refractivity contribution is 4.97. The van der Waals surface area contributed by atoms with Crippen LogP contribution in [0.3, 0.4) is 0 Å². The maximum atomic E-state index is 9.56. The highest BCUT2D eigenvalue weighted by atomic mass is 16.5. The number of methoxy groups -OCH3 is 1.